The molecule has 106 valence electrons. The summed E-state index contributed by atoms with van der Waals surface area (Å²) in [4.78, 5) is 5.57. The minimum atomic E-state index is -0.0563. The van der Waals surface area contributed by atoms with E-state index < -0.39 is 0 Å². The average molecular weight is 356 g/mol. The number of nitrogens with zero attached hydrogens (tertiary/aromatic N) is 2. The van der Waals surface area contributed by atoms with Gasteiger partial charge in [-0.05, 0) is 28.1 Å². The lowest BCUT2D eigenvalue weighted by Gasteiger charge is -2.06. The third-order valence-electron chi connectivity index (χ3n) is 3.12. The Bertz CT molecular complexity index is 593. The minimum absolute atomic E-state index is 0.0183. The van der Waals surface area contributed by atoms with Crippen LogP contribution < -0.4 is 5.73 Å². The quantitative estimate of drug-likeness (QED) is 0.849. The zero-order valence-corrected chi connectivity index (χ0v) is 13.1. The highest BCUT2D eigenvalue weighted by Gasteiger charge is 2.31. The third-order valence-corrected chi connectivity index (χ3v) is 5.14. The Morgan fingerprint density at radius 3 is 2.95 bits per heavy atom. The SMILES string of the molecule is NC1COCC1c1nc(CSc2ccccc2Br)no1. The normalized spacial score (nSPS) is 22.3. The molecule has 0 aliphatic carbocycles. The summed E-state index contributed by atoms with van der Waals surface area (Å²) in [6.45, 7) is 1.11. The highest BCUT2D eigenvalue weighted by Crippen LogP contribution is 2.30. The molecule has 2 aromatic rings. The molecule has 1 aliphatic rings. The van der Waals surface area contributed by atoms with Gasteiger partial charge in [0.2, 0.25) is 5.89 Å². The molecule has 2 atom stereocenters. The fraction of sp³-hybridized carbons (Fsp3) is 0.385. The van der Waals surface area contributed by atoms with E-state index in [2.05, 4.69) is 32.1 Å². The third kappa shape index (κ3) is 3.06. The molecule has 2 heterocycles. The van der Waals surface area contributed by atoms with Crippen molar-refractivity contribution in [1.82, 2.24) is 10.1 Å². The second kappa shape index (κ2) is 6.26. The van der Waals surface area contributed by atoms with Crippen LogP contribution in [0.1, 0.15) is 17.6 Å². The van der Waals surface area contributed by atoms with Crippen LogP contribution in [0.25, 0.3) is 0 Å². The van der Waals surface area contributed by atoms with E-state index in [4.69, 9.17) is 15.0 Å². The van der Waals surface area contributed by atoms with E-state index in [0.717, 1.165) is 9.37 Å². The average Bonchev–Trinajstić information content (AvgIpc) is 3.06. The molecule has 1 aromatic carbocycles. The Kier molecular flexibility index (Phi) is 4.40. The second-order valence-corrected chi connectivity index (χ2v) is 6.45. The van der Waals surface area contributed by atoms with Crippen LogP contribution in [0.5, 0.6) is 0 Å². The first-order chi connectivity index (χ1) is 9.74. The van der Waals surface area contributed by atoms with Crippen molar-refractivity contribution in [2.75, 3.05) is 13.2 Å². The fourth-order valence-corrected chi connectivity index (χ4v) is 3.42. The topological polar surface area (TPSA) is 74.2 Å². The summed E-state index contributed by atoms with van der Waals surface area (Å²) in [5.74, 6) is 1.94. The number of ether oxygens (including phenoxy) is 1. The van der Waals surface area contributed by atoms with Gasteiger partial charge in [-0.2, -0.15) is 4.98 Å². The maximum atomic E-state index is 5.94. The van der Waals surface area contributed by atoms with Crippen LogP contribution in [-0.2, 0) is 10.5 Å². The lowest BCUT2D eigenvalue weighted by Crippen LogP contribution is -2.27. The van der Waals surface area contributed by atoms with Crippen LogP contribution in [0.2, 0.25) is 0 Å². The van der Waals surface area contributed by atoms with Gasteiger partial charge in [-0.25, -0.2) is 0 Å². The van der Waals surface area contributed by atoms with Crippen molar-refractivity contribution < 1.29 is 9.26 Å². The summed E-state index contributed by atoms with van der Waals surface area (Å²) in [5, 5.41) is 4.01. The standard InChI is InChI=1S/C13H14BrN3O2S/c14-9-3-1-2-4-11(9)20-7-12-16-13(19-17-12)8-5-18-6-10(8)15/h1-4,8,10H,5-7,15H2. The highest BCUT2D eigenvalue weighted by molar-refractivity contribution is 9.10. The van der Waals surface area contributed by atoms with E-state index in [1.54, 1.807) is 11.8 Å². The molecule has 0 amide bonds. The van der Waals surface area contributed by atoms with E-state index in [9.17, 15) is 0 Å². The van der Waals surface area contributed by atoms with Crippen molar-refractivity contribution in [3.05, 3.63) is 40.5 Å². The number of nitrogens with two attached hydrogens (primary N) is 1. The lowest BCUT2D eigenvalue weighted by atomic mass is 10.1. The Hall–Kier alpha value is -0.890. The van der Waals surface area contributed by atoms with Crippen LogP contribution in [0.15, 0.2) is 38.2 Å². The summed E-state index contributed by atoms with van der Waals surface area (Å²) in [6.07, 6.45) is 0. The van der Waals surface area contributed by atoms with Gasteiger partial charge in [0.25, 0.3) is 0 Å². The Labute approximate surface area is 129 Å². The molecule has 1 aromatic heterocycles. The van der Waals surface area contributed by atoms with Gasteiger partial charge in [-0.15, -0.1) is 11.8 Å². The van der Waals surface area contributed by atoms with E-state index in [1.807, 2.05) is 18.2 Å². The van der Waals surface area contributed by atoms with Gasteiger partial charge in [0.15, 0.2) is 5.82 Å². The number of benzene rings is 1. The monoisotopic (exact) mass is 355 g/mol. The first-order valence-corrected chi connectivity index (χ1v) is 8.05. The first-order valence-electron chi connectivity index (χ1n) is 6.27. The van der Waals surface area contributed by atoms with Crippen LogP contribution in [0.3, 0.4) is 0 Å². The predicted octanol–water partition coefficient (Wildman–Crippen LogP) is 2.57. The van der Waals surface area contributed by atoms with E-state index >= 15 is 0 Å². The Morgan fingerprint density at radius 2 is 2.20 bits per heavy atom. The molecule has 0 saturated carbocycles. The molecule has 3 rings (SSSR count). The van der Waals surface area contributed by atoms with Gasteiger partial charge in [0.05, 0.1) is 24.9 Å². The second-order valence-electron chi connectivity index (χ2n) is 4.58. The molecule has 5 nitrogen and oxygen atoms in total. The smallest absolute Gasteiger partial charge is 0.233 e. The molecule has 2 N–H and O–H groups in total. The van der Waals surface area contributed by atoms with Crippen molar-refractivity contribution in [3.63, 3.8) is 0 Å². The van der Waals surface area contributed by atoms with Gasteiger partial charge < -0.3 is 15.0 Å². The van der Waals surface area contributed by atoms with Gasteiger partial charge in [0.1, 0.15) is 0 Å². The van der Waals surface area contributed by atoms with Crippen molar-refractivity contribution in [1.29, 1.82) is 0 Å². The predicted molar refractivity (Wildman–Crippen MR) is 79.5 cm³/mol. The minimum Gasteiger partial charge on any atom is -0.379 e. The largest absolute Gasteiger partial charge is 0.379 e. The van der Waals surface area contributed by atoms with Crippen LogP contribution in [0.4, 0.5) is 0 Å². The van der Waals surface area contributed by atoms with Crippen molar-refractivity contribution >= 4 is 27.7 Å². The zero-order valence-electron chi connectivity index (χ0n) is 10.7. The van der Waals surface area contributed by atoms with E-state index in [1.165, 1.54) is 0 Å². The summed E-state index contributed by atoms with van der Waals surface area (Å²) in [6, 6.07) is 8.00. The number of hydrogen-bond donors (Lipinski definition) is 1. The lowest BCUT2D eigenvalue weighted by molar-refractivity contribution is 0.187. The van der Waals surface area contributed by atoms with Crippen molar-refractivity contribution in [2.24, 2.45) is 5.73 Å². The van der Waals surface area contributed by atoms with Crippen LogP contribution >= 0.6 is 27.7 Å². The van der Waals surface area contributed by atoms with Gasteiger partial charge in [-0.1, -0.05) is 17.3 Å². The van der Waals surface area contributed by atoms with Gasteiger partial charge in [-0.3, -0.25) is 0 Å². The molecule has 1 aliphatic heterocycles. The molecule has 0 spiro atoms. The molecule has 0 bridgehead atoms. The van der Waals surface area contributed by atoms with Crippen LogP contribution in [-0.4, -0.2) is 29.4 Å². The number of rotatable bonds is 4. The Balaban J connectivity index is 1.64. The van der Waals surface area contributed by atoms with E-state index in [0.29, 0.717) is 30.7 Å². The van der Waals surface area contributed by atoms with Gasteiger partial charge in [0, 0.05) is 15.4 Å². The maximum absolute atomic E-state index is 5.94. The summed E-state index contributed by atoms with van der Waals surface area (Å²) in [5.41, 5.74) is 5.94. The summed E-state index contributed by atoms with van der Waals surface area (Å²) >= 11 is 5.18. The molecular formula is C13H14BrN3O2S. The zero-order chi connectivity index (χ0) is 13.9. The molecule has 7 heteroatoms. The first kappa shape index (κ1) is 14.1. The van der Waals surface area contributed by atoms with Crippen molar-refractivity contribution in [3.8, 4) is 0 Å². The highest BCUT2D eigenvalue weighted by atomic mass is 79.9. The number of thioether (sulfide) groups is 1. The summed E-state index contributed by atoms with van der Waals surface area (Å²) < 4.78 is 11.7. The van der Waals surface area contributed by atoms with E-state index in [-0.39, 0.29) is 12.0 Å². The molecule has 20 heavy (non-hydrogen) atoms. The molecular weight excluding hydrogens is 342 g/mol. The van der Waals surface area contributed by atoms with Gasteiger partial charge >= 0.3 is 0 Å². The number of aromatic nitrogens is 2. The van der Waals surface area contributed by atoms with Crippen molar-refractivity contribution in [2.45, 2.75) is 22.6 Å². The maximum Gasteiger partial charge on any atom is 0.233 e. The number of halogens is 1. The molecule has 2 unspecified atom stereocenters. The number of hydrogen-bond acceptors (Lipinski definition) is 6. The van der Waals surface area contributed by atoms with Crippen LogP contribution in [0, 0.1) is 0 Å². The molecule has 1 fully saturated rings. The molecule has 0 radical (unpaired) electrons. The Morgan fingerprint density at radius 1 is 1.35 bits per heavy atom. The summed E-state index contributed by atoms with van der Waals surface area (Å²) in [7, 11) is 0. The fourth-order valence-electron chi connectivity index (χ4n) is 2.01. The molecule has 1 saturated heterocycles.